The fraction of sp³-hybridized carbons (Fsp3) is 0.467. The molecular weight excluding hydrogens is 299 g/mol. The Morgan fingerprint density at radius 2 is 2.05 bits per heavy atom. The molecule has 1 N–H and O–H groups in total. The first-order valence-electron chi connectivity index (χ1n) is 6.98. The van der Waals surface area contributed by atoms with Gasteiger partial charge in [-0.15, -0.1) is 0 Å². The fourth-order valence-electron chi connectivity index (χ4n) is 2.98. The Morgan fingerprint density at radius 3 is 2.68 bits per heavy atom. The van der Waals surface area contributed by atoms with E-state index in [1.807, 2.05) is 0 Å². The maximum absolute atomic E-state index is 14.0. The summed E-state index contributed by atoms with van der Waals surface area (Å²) in [5.41, 5.74) is -2.27. The van der Waals surface area contributed by atoms with Crippen LogP contribution >= 0.6 is 0 Å². The van der Waals surface area contributed by atoms with Crippen LogP contribution in [0.1, 0.15) is 24.3 Å². The summed E-state index contributed by atoms with van der Waals surface area (Å²) in [7, 11) is 0. The number of hydrogen-bond donors (Lipinski definition) is 1. The number of nitrogens with zero attached hydrogens (tertiary/aromatic N) is 1. The maximum Gasteiger partial charge on any atom is 0.343 e. The van der Waals surface area contributed by atoms with Crippen LogP contribution in [0.4, 0.5) is 13.2 Å². The van der Waals surface area contributed by atoms with Crippen LogP contribution in [0, 0.1) is 17.6 Å². The molecule has 1 amide bonds. The smallest absolute Gasteiger partial charge is 0.343 e. The fourth-order valence-corrected chi connectivity index (χ4v) is 2.98. The van der Waals surface area contributed by atoms with Gasteiger partial charge in [0, 0.05) is 18.9 Å². The SMILES string of the molecule is O=C(C1CC1c1cc(F)ccc1F)N1CCC(F)(C(=O)O)C1. The third-order valence-electron chi connectivity index (χ3n) is 4.38. The minimum absolute atomic E-state index is 0.0243. The summed E-state index contributed by atoms with van der Waals surface area (Å²) >= 11 is 0. The normalized spacial score (nSPS) is 30.4. The van der Waals surface area contributed by atoms with Gasteiger partial charge in [-0.3, -0.25) is 4.79 Å². The number of carboxylic acids is 1. The average Bonchev–Trinajstić information content (AvgIpc) is 3.16. The zero-order valence-corrected chi connectivity index (χ0v) is 11.6. The lowest BCUT2D eigenvalue weighted by Gasteiger charge is -2.17. The van der Waals surface area contributed by atoms with Crippen LogP contribution in [0.3, 0.4) is 0 Å². The molecule has 0 aromatic heterocycles. The van der Waals surface area contributed by atoms with Crippen molar-refractivity contribution < 1.29 is 27.9 Å². The standard InChI is InChI=1S/C15H14F3NO3/c16-8-1-2-12(17)10(5-8)9-6-11(9)13(20)19-4-3-15(18,7-19)14(21)22/h1-2,5,9,11H,3-4,6-7H2,(H,21,22). The van der Waals surface area contributed by atoms with E-state index in [1.165, 1.54) is 0 Å². The molecule has 2 fully saturated rings. The highest BCUT2D eigenvalue weighted by molar-refractivity contribution is 5.86. The summed E-state index contributed by atoms with van der Waals surface area (Å²) in [6.07, 6.45) is 0.113. The Kier molecular flexibility index (Phi) is 3.38. The molecule has 1 heterocycles. The summed E-state index contributed by atoms with van der Waals surface area (Å²) in [4.78, 5) is 24.3. The minimum atomic E-state index is -2.41. The van der Waals surface area contributed by atoms with Crippen molar-refractivity contribution in [3.8, 4) is 0 Å². The van der Waals surface area contributed by atoms with Gasteiger partial charge in [-0.25, -0.2) is 18.0 Å². The van der Waals surface area contributed by atoms with E-state index in [4.69, 9.17) is 5.11 Å². The Labute approximate surface area is 124 Å². The van der Waals surface area contributed by atoms with Crippen LogP contribution < -0.4 is 0 Å². The molecule has 0 spiro atoms. The lowest BCUT2D eigenvalue weighted by Crippen LogP contribution is -2.39. The number of rotatable bonds is 3. The maximum atomic E-state index is 14.0. The first-order valence-corrected chi connectivity index (χ1v) is 6.98. The van der Waals surface area contributed by atoms with Crippen molar-refractivity contribution >= 4 is 11.9 Å². The largest absolute Gasteiger partial charge is 0.479 e. The summed E-state index contributed by atoms with van der Waals surface area (Å²) < 4.78 is 40.8. The highest BCUT2D eigenvalue weighted by Crippen LogP contribution is 2.50. The van der Waals surface area contributed by atoms with Gasteiger partial charge >= 0.3 is 5.97 Å². The average molecular weight is 313 g/mol. The number of carboxylic acid groups (broad SMARTS) is 1. The van der Waals surface area contributed by atoms with Crippen LogP contribution in [-0.4, -0.2) is 40.6 Å². The van der Waals surface area contributed by atoms with E-state index in [2.05, 4.69) is 0 Å². The molecule has 1 aromatic carbocycles. The molecule has 22 heavy (non-hydrogen) atoms. The molecule has 4 nitrogen and oxygen atoms in total. The topological polar surface area (TPSA) is 57.6 Å². The highest BCUT2D eigenvalue weighted by Gasteiger charge is 2.52. The van der Waals surface area contributed by atoms with Gasteiger partial charge in [0.25, 0.3) is 0 Å². The van der Waals surface area contributed by atoms with Gasteiger partial charge in [0.05, 0.1) is 6.54 Å². The van der Waals surface area contributed by atoms with E-state index in [1.54, 1.807) is 0 Å². The van der Waals surface area contributed by atoms with Crippen LogP contribution in [0.15, 0.2) is 18.2 Å². The van der Waals surface area contributed by atoms with Crippen molar-refractivity contribution in [1.82, 2.24) is 4.90 Å². The molecular formula is C15H14F3NO3. The molecule has 1 aliphatic heterocycles. The van der Waals surface area contributed by atoms with E-state index in [-0.39, 0.29) is 18.5 Å². The number of carbonyl (C=O) groups excluding carboxylic acids is 1. The van der Waals surface area contributed by atoms with Crippen molar-refractivity contribution in [3.05, 3.63) is 35.4 Å². The number of amides is 1. The zero-order valence-electron chi connectivity index (χ0n) is 11.6. The first kappa shape index (κ1) is 14.9. The Balaban J connectivity index is 1.69. The molecule has 0 radical (unpaired) electrons. The Morgan fingerprint density at radius 1 is 1.32 bits per heavy atom. The van der Waals surface area contributed by atoms with Gasteiger partial charge in [-0.05, 0) is 36.1 Å². The third-order valence-corrected chi connectivity index (χ3v) is 4.38. The van der Waals surface area contributed by atoms with Crippen molar-refractivity contribution in [2.45, 2.75) is 24.4 Å². The van der Waals surface area contributed by atoms with Crippen LogP contribution in [0.5, 0.6) is 0 Å². The Hall–Kier alpha value is -2.05. The molecule has 0 bridgehead atoms. The molecule has 1 aromatic rings. The minimum Gasteiger partial charge on any atom is -0.479 e. The summed E-state index contributed by atoms with van der Waals surface area (Å²) in [5.74, 6) is -4.09. The number of aliphatic carboxylic acids is 1. The van der Waals surface area contributed by atoms with E-state index in [9.17, 15) is 22.8 Å². The number of hydrogen-bond acceptors (Lipinski definition) is 2. The van der Waals surface area contributed by atoms with E-state index < -0.39 is 47.6 Å². The lowest BCUT2D eigenvalue weighted by molar-refractivity contribution is -0.150. The van der Waals surface area contributed by atoms with Gasteiger partial charge in [0.2, 0.25) is 11.6 Å². The molecule has 1 saturated carbocycles. The quantitative estimate of drug-likeness (QED) is 0.929. The molecule has 3 rings (SSSR count). The van der Waals surface area contributed by atoms with Gasteiger partial charge in [0.15, 0.2) is 0 Å². The summed E-state index contributed by atoms with van der Waals surface area (Å²) in [5, 5.41) is 8.82. The van der Waals surface area contributed by atoms with E-state index in [0.29, 0.717) is 6.42 Å². The second kappa shape index (κ2) is 5.00. The van der Waals surface area contributed by atoms with E-state index in [0.717, 1.165) is 23.1 Å². The number of likely N-dealkylation sites (tertiary alicyclic amines) is 1. The van der Waals surface area contributed by atoms with Gasteiger partial charge in [-0.1, -0.05) is 0 Å². The molecule has 2 aliphatic rings. The van der Waals surface area contributed by atoms with Gasteiger partial charge in [-0.2, -0.15) is 0 Å². The number of halogens is 3. The lowest BCUT2D eigenvalue weighted by atomic mass is 10.1. The van der Waals surface area contributed by atoms with Crippen molar-refractivity contribution in [3.63, 3.8) is 0 Å². The Bertz CT molecular complexity index is 651. The second-order valence-corrected chi connectivity index (χ2v) is 5.89. The third kappa shape index (κ3) is 2.44. The molecule has 3 atom stereocenters. The van der Waals surface area contributed by atoms with E-state index >= 15 is 0 Å². The summed E-state index contributed by atoms with van der Waals surface area (Å²) in [6.45, 7) is -0.466. The molecule has 118 valence electrons. The molecule has 1 aliphatic carbocycles. The number of alkyl halides is 1. The van der Waals surface area contributed by atoms with Crippen molar-refractivity contribution in [2.75, 3.05) is 13.1 Å². The van der Waals surface area contributed by atoms with Crippen LogP contribution in [0.25, 0.3) is 0 Å². The van der Waals surface area contributed by atoms with Crippen molar-refractivity contribution in [1.29, 1.82) is 0 Å². The highest BCUT2D eigenvalue weighted by atomic mass is 19.1. The molecule has 3 unspecified atom stereocenters. The monoisotopic (exact) mass is 313 g/mol. The van der Waals surface area contributed by atoms with Crippen LogP contribution in [0.2, 0.25) is 0 Å². The predicted molar refractivity (Wildman–Crippen MR) is 69.9 cm³/mol. The van der Waals surface area contributed by atoms with Gasteiger partial charge in [0.1, 0.15) is 11.6 Å². The molecule has 1 saturated heterocycles. The van der Waals surface area contributed by atoms with Gasteiger partial charge < -0.3 is 10.0 Å². The molecule has 7 heteroatoms. The second-order valence-electron chi connectivity index (χ2n) is 5.89. The number of benzene rings is 1. The number of carbonyl (C=O) groups is 2. The summed E-state index contributed by atoms with van der Waals surface area (Å²) in [6, 6.07) is 3.08. The van der Waals surface area contributed by atoms with Crippen LogP contribution in [-0.2, 0) is 9.59 Å². The predicted octanol–water partition coefficient (Wildman–Crippen LogP) is 2.09. The zero-order chi connectivity index (χ0) is 16.1. The first-order chi connectivity index (χ1) is 10.3. The van der Waals surface area contributed by atoms with Crippen molar-refractivity contribution in [2.24, 2.45) is 5.92 Å².